The van der Waals surface area contributed by atoms with Crippen LogP contribution in [0.15, 0.2) is 0 Å². The molecule has 0 aliphatic rings. The zero-order valence-electron chi connectivity index (χ0n) is 7.00. The van der Waals surface area contributed by atoms with E-state index in [9.17, 15) is 0 Å². The molecule has 44 valence electrons. The topological polar surface area (TPSA) is 80.9 Å². The van der Waals surface area contributed by atoms with Gasteiger partial charge in [0.15, 0.2) is 0 Å². The molecule has 0 radical (unpaired) electrons. The average Bonchev–Trinajstić information content (AvgIpc) is 0.722. The van der Waals surface area contributed by atoms with E-state index in [1.807, 2.05) is 0 Å². The van der Waals surface area contributed by atoms with Crippen molar-refractivity contribution in [2.75, 3.05) is 0 Å². The summed E-state index contributed by atoms with van der Waals surface area (Å²) in [6.45, 7) is 0. The van der Waals surface area contributed by atoms with E-state index < -0.39 is 9.05 Å². The first kappa shape index (κ1) is 22.4. The molecule has 0 aliphatic carbocycles. The molecule has 0 saturated carbocycles. The Balaban J connectivity index is -0.00000000800. The Bertz CT molecular complexity index is 36.7. The third kappa shape index (κ3) is 76.9. The van der Waals surface area contributed by atoms with E-state index in [0.29, 0.717) is 0 Å². The van der Waals surface area contributed by atoms with Crippen molar-refractivity contribution in [1.29, 1.82) is 0 Å². The van der Waals surface area contributed by atoms with Crippen LogP contribution in [0.25, 0.3) is 0 Å². The fraction of sp³-hybridized carbons (Fsp3) is 0. The fourth-order valence-corrected chi connectivity index (χ4v) is 0. The van der Waals surface area contributed by atoms with E-state index in [4.69, 9.17) is 19.2 Å². The van der Waals surface area contributed by atoms with Gasteiger partial charge in [0.1, 0.15) is 0 Å². The first-order valence-corrected chi connectivity index (χ1v) is 2.68. The Kier molecular flexibility index (Phi) is 26.6. The smallest absolute Gasteiger partial charge is 1.00 e. The summed E-state index contributed by atoms with van der Waals surface area (Å²) in [5.74, 6) is 0. The van der Waals surface area contributed by atoms with Gasteiger partial charge in [0, 0.05) is 0 Å². The molecule has 0 bridgehead atoms. The van der Waals surface area contributed by atoms with Crippen LogP contribution in [0.5, 0.6) is 0 Å². The van der Waals surface area contributed by atoms with Crippen LogP contribution < -0.4 is 59.1 Å². The van der Waals surface area contributed by atoms with Crippen LogP contribution in [0.1, 0.15) is 2.85 Å². The molecule has 0 aromatic heterocycles. The van der Waals surface area contributed by atoms with Gasteiger partial charge in [0.25, 0.3) is 0 Å². The zero-order valence-corrected chi connectivity index (χ0v) is 11.4. The molecule has 0 fully saturated rings. The van der Waals surface area contributed by atoms with Gasteiger partial charge in [-0.2, -0.15) is 9.90 Å². The Morgan fingerprint density at radius 3 is 0.875 bits per heavy atom. The number of rotatable bonds is 0. The SMILES string of the molecule is O[Si](O)(O)O.P.[H-].[H-].[Na+].[Na+]. The molecule has 0 rings (SSSR count). The van der Waals surface area contributed by atoms with Crippen molar-refractivity contribution in [2.45, 2.75) is 0 Å². The van der Waals surface area contributed by atoms with Crippen LogP contribution >= 0.6 is 9.90 Å². The molecule has 4 N–H and O–H groups in total. The molecule has 4 nitrogen and oxygen atoms in total. The predicted molar refractivity (Wildman–Crippen MR) is 28.0 cm³/mol. The molecule has 1 atom stereocenters. The van der Waals surface area contributed by atoms with Gasteiger partial charge in [-0.15, -0.1) is 0 Å². The molecular weight excluding hydrogens is 169 g/mol. The van der Waals surface area contributed by atoms with Gasteiger partial charge in [-0.1, -0.05) is 0 Å². The quantitative estimate of drug-likeness (QED) is 0.219. The number of hydrogen-bond donors (Lipinski definition) is 4. The van der Waals surface area contributed by atoms with Gasteiger partial charge in [0.2, 0.25) is 0 Å². The standard InChI is InChI=1S/2Na.H4O4Si.H3P.2H/c;;1-5(2,3)4;;;/h;;1-4H;1H3;;/q2*+1;;;2*-1. The molecular formula is H9Na2O4PSi. The Hall–Kier alpha value is 2.49. The molecule has 0 aromatic rings. The summed E-state index contributed by atoms with van der Waals surface area (Å²) in [7, 11) is -4.61. The van der Waals surface area contributed by atoms with Crippen LogP contribution in [0.3, 0.4) is 0 Å². The van der Waals surface area contributed by atoms with Crippen molar-refractivity contribution in [3.63, 3.8) is 0 Å². The first-order valence-electron chi connectivity index (χ1n) is 0.894. The van der Waals surface area contributed by atoms with Crippen LogP contribution in [0.2, 0.25) is 0 Å². The minimum atomic E-state index is -4.61. The second-order valence-corrected chi connectivity index (χ2v) is 1.80. The van der Waals surface area contributed by atoms with E-state index >= 15 is 0 Å². The molecule has 8 heavy (non-hydrogen) atoms. The van der Waals surface area contributed by atoms with E-state index in [1.54, 1.807) is 0 Å². The molecule has 0 heterocycles. The minimum absolute atomic E-state index is 0. The molecule has 8 heteroatoms. The second kappa shape index (κ2) is 9.49. The van der Waals surface area contributed by atoms with Crippen molar-refractivity contribution >= 4 is 18.9 Å². The average molecular weight is 178 g/mol. The summed E-state index contributed by atoms with van der Waals surface area (Å²) in [5.41, 5.74) is 0. The summed E-state index contributed by atoms with van der Waals surface area (Å²) in [6.07, 6.45) is 0. The normalized spacial score (nSPS) is 7.50. The van der Waals surface area contributed by atoms with Gasteiger partial charge in [-0.3, -0.25) is 0 Å². The van der Waals surface area contributed by atoms with Crippen molar-refractivity contribution < 1.29 is 81.2 Å². The van der Waals surface area contributed by atoms with Crippen molar-refractivity contribution in [3.05, 3.63) is 0 Å². The van der Waals surface area contributed by atoms with Crippen molar-refractivity contribution in [1.82, 2.24) is 0 Å². The summed E-state index contributed by atoms with van der Waals surface area (Å²) in [5, 5.41) is 0. The van der Waals surface area contributed by atoms with E-state index in [-0.39, 0.29) is 71.9 Å². The van der Waals surface area contributed by atoms with Crippen LogP contribution in [-0.2, 0) is 0 Å². The van der Waals surface area contributed by atoms with Crippen LogP contribution in [0.4, 0.5) is 0 Å². The number of hydrogen-bond acceptors (Lipinski definition) is 4. The monoisotopic (exact) mass is 178 g/mol. The molecule has 1 unspecified atom stereocenters. The second-order valence-electron chi connectivity index (χ2n) is 0.600. The van der Waals surface area contributed by atoms with Gasteiger partial charge < -0.3 is 22.0 Å². The van der Waals surface area contributed by atoms with Gasteiger partial charge in [-0.05, 0) is 0 Å². The summed E-state index contributed by atoms with van der Waals surface area (Å²) in [6, 6.07) is 0. The Morgan fingerprint density at radius 1 is 0.875 bits per heavy atom. The van der Waals surface area contributed by atoms with Gasteiger partial charge in [0.05, 0.1) is 0 Å². The first-order chi connectivity index (χ1) is 2.00. The Labute approximate surface area is 99.0 Å². The van der Waals surface area contributed by atoms with Gasteiger partial charge >= 0.3 is 68.2 Å². The maximum absolute atomic E-state index is 7.33. The summed E-state index contributed by atoms with van der Waals surface area (Å²) < 4.78 is 0. The zero-order chi connectivity index (χ0) is 4.50. The molecule has 0 spiro atoms. The minimum Gasteiger partial charge on any atom is -1.00 e. The van der Waals surface area contributed by atoms with E-state index in [0.717, 1.165) is 0 Å². The molecule has 0 saturated heterocycles. The predicted octanol–water partition coefficient (Wildman–Crippen LogP) is -8.32. The van der Waals surface area contributed by atoms with Crippen molar-refractivity contribution in [3.8, 4) is 0 Å². The summed E-state index contributed by atoms with van der Waals surface area (Å²) in [4.78, 5) is 29.3. The van der Waals surface area contributed by atoms with Crippen LogP contribution in [-0.4, -0.2) is 28.2 Å². The third-order valence-electron chi connectivity index (χ3n) is 0. The third-order valence-corrected chi connectivity index (χ3v) is 0. The maximum Gasteiger partial charge on any atom is 1.00 e. The van der Waals surface area contributed by atoms with Gasteiger partial charge in [-0.25, -0.2) is 0 Å². The van der Waals surface area contributed by atoms with E-state index in [1.165, 1.54) is 0 Å². The Morgan fingerprint density at radius 2 is 0.875 bits per heavy atom. The molecule has 0 aliphatic heterocycles. The summed E-state index contributed by atoms with van der Waals surface area (Å²) >= 11 is 0. The molecule has 0 amide bonds. The molecule has 0 aromatic carbocycles. The van der Waals surface area contributed by atoms with Crippen LogP contribution in [0, 0.1) is 0 Å². The van der Waals surface area contributed by atoms with Crippen molar-refractivity contribution in [2.24, 2.45) is 0 Å². The maximum atomic E-state index is 7.33. The fourth-order valence-electron chi connectivity index (χ4n) is 0. The largest absolute Gasteiger partial charge is 1.00 e. The van der Waals surface area contributed by atoms with E-state index in [2.05, 4.69) is 0 Å².